The molecule has 6 nitrogen and oxygen atoms in total. The minimum atomic E-state index is -0.649. The summed E-state index contributed by atoms with van der Waals surface area (Å²) in [4.78, 5) is 23.0. The van der Waals surface area contributed by atoms with Crippen LogP contribution in [0.25, 0.3) is 0 Å². The topological polar surface area (TPSA) is 85.4 Å². The highest BCUT2D eigenvalue weighted by Gasteiger charge is 2.49. The Hall–Kier alpha value is -1.40. The van der Waals surface area contributed by atoms with Crippen LogP contribution >= 0.6 is 0 Å². The highest BCUT2D eigenvalue weighted by atomic mass is 16.6. The van der Waals surface area contributed by atoms with Crippen molar-refractivity contribution in [3.63, 3.8) is 0 Å². The number of hydrogen-bond acceptors (Lipinski definition) is 6. The Morgan fingerprint density at radius 1 is 1.18 bits per heavy atom. The molecule has 1 saturated heterocycles. The minimum absolute atomic E-state index is 0.0874. The SMILES string of the molecule is CCCCCCC[C@H](O)[C@H]1O[C@H]1/C(=C/C(=O)OC)C(=O)OC. The molecule has 6 heteroatoms. The van der Waals surface area contributed by atoms with Crippen LogP contribution in [0.5, 0.6) is 0 Å². The predicted molar refractivity (Wildman–Crippen MR) is 80.2 cm³/mol. The molecule has 0 radical (unpaired) electrons. The number of esters is 2. The number of carbonyl (C=O) groups is 2. The number of aliphatic hydroxyl groups is 1. The lowest BCUT2D eigenvalue weighted by atomic mass is 10.0. The molecule has 3 atom stereocenters. The normalized spacial score (nSPS) is 22.1. The molecule has 0 aliphatic carbocycles. The van der Waals surface area contributed by atoms with Gasteiger partial charge in [0, 0.05) is 6.08 Å². The molecular formula is C16H26O6. The zero-order valence-electron chi connectivity index (χ0n) is 13.5. The van der Waals surface area contributed by atoms with E-state index in [-0.39, 0.29) is 5.57 Å². The van der Waals surface area contributed by atoms with Crippen molar-refractivity contribution in [3.05, 3.63) is 11.6 Å². The van der Waals surface area contributed by atoms with Crippen molar-refractivity contribution >= 4 is 11.9 Å². The van der Waals surface area contributed by atoms with Crippen LogP contribution in [0.15, 0.2) is 11.6 Å². The summed E-state index contributed by atoms with van der Waals surface area (Å²) in [6, 6.07) is 0. The van der Waals surface area contributed by atoms with Crippen molar-refractivity contribution in [1.29, 1.82) is 0 Å². The first-order chi connectivity index (χ1) is 10.5. The fourth-order valence-electron chi connectivity index (χ4n) is 2.35. The highest BCUT2D eigenvalue weighted by molar-refractivity contribution is 5.97. The maximum atomic E-state index is 11.7. The van der Waals surface area contributed by atoms with Gasteiger partial charge in [-0.25, -0.2) is 9.59 Å². The van der Waals surface area contributed by atoms with Gasteiger partial charge in [0.1, 0.15) is 12.2 Å². The lowest BCUT2D eigenvalue weighted by molar-refractivity contribution is -0.138. The van der Waals surface area contributed by atoms with Crippen molar-refractivity contribution in [2.75, 3.05) is 14.2 Å². The van der Waals surface area contributed by atoms with Crippen LogP contribution in [-0.2, 0) is 23.8 Å². The van der Waals surface area contributed by atoms with Crippen LogP contribution in [-0.4, -0.2) is 49.6 Å². The molecule has 0 amide bonds. The third kappa shape index (κ3) is 5.77. The van der Waals surface area contributed by atoms with E-state index in [1.165, 1.54) is 27.1 Å². The van der Waals surface area contributed by atoms with Gasteiger partial charge in [0.25, 0.3) is 0 Å². The molecule has 0 aromatic carbocycles. The zero-order valence-corrected chi connectivity index (χ0v) is 13.5. The molecule has 0 spiro atoms. The minimum Gasteiger partial charge on any atom is -0.466 e. The Labute approximate surface area is 131 Å². The van der Waals surface area contributed by atoms with Crippen molar-refractivity contribution in [3.8, 4) is 0 Å². The van der Waals surface area contributed by atoms with E-state index in [9.17, 15) is 14.7 Å². The standard InChI is InChI=1S/C16H26O6/c1-4-5-6-7-8-9-12(17)15-14(22-15)11(16(19)21-3)10-13(18)20-2/h10,12,14-15,17H,4-9H2,1-3H3/b11-10-/t12-,14-,15+/m0/s1. The van der Waals surface area contributed by atoms with Crippen molar-refractivity contribution in [2.24, 2.45) is 0 Å². The first-order valence-electron chi connectivity index (χ1n) is 7.76. The molecule has 126 valence electrons. The number of hydrogen-bond donors (Lipinski definition) is 1. The van der Waals surface area contributed by atoms with Crippen molar-refractivity contribution in [2.45, 2.75) is 63.8 Å². The van der Waals surface area contributed by atoms with Gasteiger partial charge in [-0.2, -0.15) is 0 Å². The van der Waals surface area contributed by atoms with Gasteiger partial charge >= 0.3 is 11.9 Å². The molecular weight excluding hydrogens is 288 g/mol. The van der Waals surface area contributed by atoms with Gasteiger partial charge in [0.2, 0.25) is 0 Å². The molecule has 0 unspecified atom stereocenters. The fraction of sp³-hybridized carbons (Fsp3) is 0.750. The van der Waals surface area contributed by atoms with E-state index in [2.05, 4.69) is 16.4 Å². The summed E-state index contributed by atoms with van der Waals surface area (Å²) >= 11 is 0. The van der Waals surface area contributed by atoms with E-state index in [1.807, 2.05) is 0 Å². The number of rotatable bonds is 10. The van der Waals surface area contributed by atoms with E-state index in [0.717, 1.165) is 25.3 Å². The van der Waals surface area contributed by atoms with Gasteiger partial charge in [-0.05, 0) is 6.42 Å². The summed E-state index contributed by atoms with van der Waals surface area (Å²) < 4.78 is 14.5. The number of ether oxygens (including phenoxy) is 3. The maximum Gasteiger partial charge on any atom is 0.336 e. The number of unbranched alkanes of at least 4 members (excludes halogenated alkanes) is 4. The molecule has 1 rings (SSSR count). The molecule has 1 N–H and O–H groups in total. The lowest BCUT2D eigenvalue weighted by Crippen LogP contribution is -2.21. The highest BCUT2D eigenvalue weighted by Crippen LogP contribution is 2.34. The summed E-state index contributed by atoms with van der Waals surface area (Å²) in [7, 11) is 2.46. The van der Waals surface area contributed by atoms with Crippen LogP contribution < -0.4 is 0 Å². The van der Waals surface area contributed by atoms with Crippen LogP contribution in [0.3, 0.4) is 0 Å². The smallest absolute Gasteiger partial charge is 0.336 e. The number of methoxy groups -OCH3 is 2. The van der Waals surface area contributed by atoms with Crippen molar-refractivity contribution in [1.82, 2.24) is 0 Å². The van der Waals surface area contributed by atoms with Gasteiger partial charge in [0.05, 0.1) is 25.9 Å². The average Bonchev–Trinajstić information content (AvgIpc) is 3.31. The molecule has 0 aromatic heterocycles. The van der Waals surface area contributed by atoms with Crippen LogP contribution in [0.4, 0.5) is 0 Å². The third-order valence-corrected chi connectivity index (χ3v) is 3.71. The van der Waals surface area contributed by atoms with E-state index < -0.39 is 30.3 Å². The summed E-state index contributed by atoms with van der Waals surface area (Å²) in [5, 5.41) is 10.1. The first kappa shape index (κ1) is 18.6. The maximum absolute atomic E-state index is 11.7. The van der Waals surface area contributed by atoms with Gasteiger partial charge in [-0.3, -0.25) is 0 Å². The summed E-state index contributed by atoms with van der Waals surface area (Å²) in [6.07, 6.45) is 5.52. The third-order valence-electron chi connectivity index (χ3n) is 3.71. The number of carbonyl (C=O) groups excluding carboxylic acids is 2. The Morgan fingerprint density at radius 3 is 2.45 bits per heavy atom. The quantitative estimate of drug-likeness (QED) is 0.286. The van der Waals surface area contributed by atoms with Crippen LogP contribution in [0, 0.1) is 0 Å². The summed E-state index contributed by atoms with van der Waals surface area (Å²) in [5.41, 5.74) is 0.0874. The second-order valence-electron chi connectivity index (χ2n) is 5.41. The summed E-state index contributed by atoms with van der Waals surface area (Å²) in [5.74, 6) is -1.29. The van der Waals surface area contributed by atoms with E-state index >= 15 is 0 Å². The predicted octanol–water partition coefficient (Wildman–Crippen LogP) is 1.75. The van der Waals surface area contributed by atoms with Gasteiger partial charge in [-0.1, -0.05) is 39.0 Å². The Morgan fingerprint density at radius 2 is 1.86 bits per heavy atom. The molecule has 22 heavy (non-hydrogen) atoms. The molecule has 0 bridgehead atoms. The molecule has 1 fully saturated rings. The van der Waals surface area contributed by atoms with Gasteiger partial charge in [0.15, 0.2) is 0 Å². The number of epoxide rings is 1. The first-order valence-corrected chi connectivity index (χ1v) is 7.76. The second kappa shape index (κ2) is 9.58. The van der Waals surface area contributed by atoms with E-state index in [1.54, 1.807) is 0 Å². The van der Waals surface area contributed by atoms with Gasteiger partial charge < -0.3 is 19.3 Å². The van der Waals surface area contributed by atoms with Crippen LogP contribution in [0.2, 0.25) is 0 Å². The second-order valence-corrected chi connectivity index (χ2v) is 5.41. The van der Waals surface area contributed by atoms with Crippen LogP contribution in [0.1, 0.15) is 45.4 Å². The average molecular weight is 314 g/mol. The lowest BCUT2D eigenvalue weighted by Gasteiger charge is -2.08. The Bertz CT molecular complexity index is 403. The monoisotopic (exact) mass is 314 g/mol. The van der Waals surface area contributed by atoms with E-state index in [4.69, 9.17) is 4.74 Å². The zero-order chi connectivity index (χ0) is 16.5. The molecule has 0 aromatic rings. The molecule has 1 aliphatic rings. The fourth-order valence-corrected chi connectivity index (χ4v) is 2.35. The van der Waals surface area contributed by atoms with Gasteiger partial charge in [-0.15, -0.1) is 0 Å². The van der Waals surface area contributed by atoms with Crippen molar-refractivity contribution < 1.29 is 28.9 Å². The molecule has 0 saturated carbocycles. The summed E-state index contributed by atoms with van der Waals surface area (Å²) in [6.45, 7) is 2.15. The van der Waals surface area contributed by atoms with E-state index in [0.29, 0.717) is 6.42 Å². The largest absolute Gasteiger partial charge is 0.466 e. The molecule has 1 aliphatic heterocycles. The number of aliphatic hydroxyl groups excluding tert-OH is 1. The Balaban J connectivity index is 2.47. The molecule has 1 heterocycles. The Kier molecular flexibility index (Phi) is 8.12.